The highest BCUT2D eigenvalue weighted by Gasteiger charge is 2.22. The van der Waals surface area contributed by atoms with Crippen molar-refractivity contribution in [1.29, 1.82) is 0 Å². The lowest BCUT2D eigenvalue weighted by molar-refractivity contribution is -0.123. The molecular weight excluding hydrogens is 302 g/mol. The molecule has 1 saturated carbocycles. The molecule has 1 amide bonds. The zero-order chi connectivity index (χ0) is 16.7. The molecule has 1 aliphatic carbocycles. The summed E-state index contributed by atoms with van der Waals surface area (Å²) in [6.07, 6.45) is 5.61. The van der Waals surface area contributed by atoms with Gasteiger partial charge in [-0.25, -0.2) is 8.78 Å². The van der Waals surface area contributed by atoms with E-state index >= 15 is 0 Å². The lowest BCUT2D eigenvalue weighted by Crippen LogP contribution is -2.45. The smallest absolute Gasteiger partial charge is 0.234 e. The Labute approximate surface area is 135 Å². The molecule has 0 saturated heterocycles. The molecule has 0 radical (unpaired) electrons. The van der Waals surface area contributed by atoms with E-state index in [9.17, 15) is 18.7 Å². The largest absolute Gasteiger partial charge is 0.395 e. The van der Waals surface area contributed by atoms with E-state index < -0.39 is 11.6 Å². The number of hydrogen-bond donors (Lipinski definition) is 2. The summed E-state index contributed by atoms with van der Waals surface area (Å²) in [7, 11) is 0. The second-order valence-corrected chi connectivity index (χ2v) is 6.04. The predicted molar refractivity (Wildman–Crippen MR) is 83.7 cm³/mol. The van der Waals surface area contributed by atoms with Gasteiger partial charge in [-0.05, 0) is 30.5 Å². The van der Waals surface area contributed by atoms with E-state index in [4.69, 9.17) is 0 Å². The molecular formula is C17H24F2N2O2. The SMILES string of the molecule is O=C(CN(CCO)C1CCCCC1)NCc1cc(F)cc(F)c1. The maximum absolute atomic E-state index is 13.1. The van der Waals surface area contributed by atoms with Gasteiger partial charge in [0.05, 0.1) is 13.2 Å². The molecule has 0 bridgehead atoms. The van der Waals surface area contributed by atoms with Gasteiger partial charge in [-0.1, -0.05) is 19.3 Å². The third-order valence-electron chi connectivity index (χ3n) is 4.24. The van der Waals surface area contributed by atoms with Gasteiger partial charge in [0.15, 0.2) is 0 Å². The minimum Gasteiger partial charge on any atom is -0.395 e. The summed E-state index contributed by atoms with van der Waals surface area (Å²) in [5.74, 6) is -1.51. The van der Waals surface area contributed by atoms with Crippen molar-refractivity contribution in [3.05, 3.63) is 35.4 Å². The summed E-state index contributed by atoms with van der Waals surface area (Å²) in [6.45, 7) is 0.764. The highest BCUT2D eigenvalue weighted by atomic mass is 19.1. The van der Waals surface area contributed by atoms with Crippen LogP contribution in [0.2, 0.25) is 0 Å². The first-order valence-electron chi connectivity index (χ1n) is 8.15. The van der Waals surface area contributed by atoms with Crippen LogP contribution in [0, 0.1) is 11.6 Å². The minimum atomic E-state index is -0.654. The van der Waals surface area contributed by atoms with Gasteiger partial charge >= 0.3 is 0 Å². The first kappa shape index (κ1) is 17.8. The van der Waals surface area contributed by atoms with Crippen molar-refractivity contribution in [2.75, 3.05) is 19.7 Å². The van der Waals surface area contributed by atoms with Crippen LogP contribution in [0.4, 0.5) is 8.78 Å². The molecule has 0 unspecified atom stereocenters. The number of halogens is 2. The van der Waals surface area contributed by atoms with Gasteiger partial charge in [-0.3, -0.25) is 9.69 Å². The normalized spacial score (nSPS) is 15.8. The number of hydrogen-bond acceptors (Lipinski definition) is 3. The van der Waals surface area contributed by atoms with Gasteiger partial charge in [0.2, 0.25) is 5.91 Å². The number of benzene rings is 1. The van der Waals surface area contributed by atoms with Crippen molar-refractivity contribution < 1.29 is 18.7 Å². The first-order valence-corrected chi connectivity index (χ1v) is 8.15. The average molecular weight is 326 g/mol. The number of aliphatic hydroxyl groups is 1. The molecule has 0 aliphatic heterocycles. The van der Waals surface area contributed by atoms with Gasteiger partial charge in [-0.15, -0.1) is 0 Å². The molecule has 6 heteroatoms. The second kappa shape index (κ2) is 8.93. The predicted octanol–water partition coefficient (Wildman–Crippen LogP) is 2.21. The van der Waals surface area contributed by atoms with Crippen molar-refractivity contribution in [2.45, 2.75) is 44.7 Å². The summed E-state index contributed by atoms with van der Waals surface area (Å²) in [5.41, 5.74) is 0.391. The van der Waals surface area contributed by atoms with Crippen LogP contribution in [-0.2, 0) is 11.3 Å². The number of aliphatic hydroxyl groups excluding tert-OH is 1. The lowest BCUT2D eigenvalue weighted by Gasteiger charge is -2.33. The molecule has 1 aliphatic rings. The van der Waals surface area contributed by atoms with E-state index in [1.165, 1.54) is 18.6 Å². The maximum atomic E-state index is 13.1. The van der Waals surface area contributed by atoms with Crippen LogP contribution in [0.25, 0.3) is 0 Å². The van der Waals surface area contributed by atoms with Gasteiger partial charge in [0.1, 0.15) is 11.6 Å². The standard InChI is InChI=1S/C17H24F2N2O2/c18-14-8-13(9-15(19)10-14)11-20-17(23)12-21(6-7-22)16-4-2-1-3-5-16/h8-10,16,22H,1-7,11-12H2,(H,20,23). The van der Waals surface area contributed by atoms with Crippen molar-refractivity contribution in [3.8, 4) is 0 Å². The number of carbonyl (C=O) groups is 1. The van der Waals surface area contributed by atoms with Crippen LogP contribution >= 0.6 is 0 Å². The fourth-order valence-electron chi connectivity index (χ4n) is 3.12. The fraction of sp³-hybridized carbons (Fsp3) is 0.588. The van der Waals surface area contributed by atoms with E-state index in [0.717, 1.165) is 31.7 Å². The molecule has 23 heavy (non-hydrogen) atoms. The zero-order valence-electron chi connectivity index (χ0n) is 13.2. The van der Waals surface area contributed by atoms with Gasteiger partial charge in [-0.2, -0.15) is 0 Å². The van der Waals surface area contributed by atoms with Gasteiger partial charge in [0.25, 0.3) is 0 Å². The summed E-state index contributed by atoms with van der Waals surface area (Å²) < 4.78 is 26.2. The molecule has 0 aromatic heterocycles. The highest BCUT2D eigenvalue weighted by molar-refractivity contribution is 5.78. The molecule has 128 valence electrons. The van der Waals surface area contributed by atoms with E-state index in [1.54, 1.807) is 0 Å². The molecule has 1 aromatic carbocycles. The topological polar surface area (TPSA) is 52.6 Å². The van der Waals surface area contributed by atoms with Crippen molar-refractivity contribution >= 4 is 5.91 Å². The quantitative estimate of drug-likeness (QED) is 0.808. The van der Waals surface area contributed by atoms with Crippen LogP contribution in [0.5, 0.6) is 0 Å². The maximum Gasteiger partial charge on any atom is 0.234 e. The van der Waals surface area contributed by atoms with Crippen molar-refractivity contribution in [3.63, 3.8) is 0 Å². The van der Waals surface area contributed by atoms with Crippen LogP contribution in [-0.4, -0.2) is 41.7 Å². The number of nitrogens with one attached hydrogen (secondary N) is 1. The molecule has 2 rings (SSSR count). The van der Waals surface area contributed by atoms with Gasteiger partial charge < -0.3 is 10.4 Å². The monoisotopic (exact) mass is 326 g/mol. The second-order valence-electron chi connectivity index (χ2n) is 6.04. The lowest BCUT2D eigenvalue weighted by atomic mass is 9.94. The van der Waals surface area contributed by atoms with Crippen molar-refractivity contribution in [2.24, 2.45) is 0 Å². The number of amides is 1. The first-order chi connectivity index (χ1) is 11.1. The van der Waals surface area contributed by atoms with Crippen LogP contribution in [0.15, 0.2) is 18.2 Å². The van der Waals surface area contributed by atoms with E-state index in [-0.39, 0.29) is 25.6 Å². The summed E-state index contributed by atoms with van der Waals surface area (Å²) in [6, 6.07) is 3.54. The Balaban J connectivity index is 1.85. The Morgan fingerprint density at radius 2 is 1.83 bits per heavy atom. The minimum absolute atomic E-state index is 0.0128. The Hall–Kier alpha value is -1.53. The Morgan fingerprint density at radius 1 is 1.17 bits per heavy atom. The zero-order valence-corrected chi connectivity index (χ0v) is 13.2. The number of nitrogens with zero attached hydrogens (tertiary/aromatic N) is 1. The summed E-state index contributed by atoms with van der Waals surface area (Å²) >= 11 is 0. The molecule has 0 atom stereocenters. The Morgan fingerprint density at radius 3 is 2.43 bits per heavy atom. The Kier molecular flexibility index (Phi) is 6.92. The van der Waals surface area contributed by atoms with E-state index in [1.807, 2.05) is 4.90 Å². The number of rotatable bonds is 7. The Bertz CT molecular complexity index is 499. The van der Waals surface area contributed by atoms with Crippen LogP contribution < -0.4 is 5.32 Å². The van der Waals surface area contributed by atoms with E-state index in [0.29, 0.717) is 18.2 Å². The number of carbonyl (C=O) groups excluding carboxylic acids is 1. The van der Waals surface area contributed by atoms with Crippen LogP contribution in [0.3, 0.4) is 0 Å². The summed E-state index contributed by atoms with van der Waals surface area (Å²) in [5, 5.41) is 11.9. The van der Waals surface area contributed by atoms with Crippen LogP contribution in [0.1, 0.15) is 37.7 Å². The van der Waals surface area contributed by atoms with E-state index in [2.05, 4.69) is 5.32 Å². The highest BCUT2D eigenvalue weighted by Crippen LogP contribution is 2.22. The molecule has 4 nitrogen and oxygen atoms in total. The van der Waals surface area contributed by atoms with Crippen molar-refractivity contribution in [1.82, 2.24) is 10.2 Å². The fourth-order valence-corrected chi connectivity index (χ4v) is 3.12. The third-order valence-corrected chi connectivity index (χ3v) is 4.24. The molecule has 1 aromatic rings. The average Bonchev–Trinajstić information content (AvgIpc) is 2.52. The molecule has 2 N–H and O–H groups in total. The molecule has 0 heterocycles. The third kappa shape index (κ3) is 5.88. The van der Waals surface area contributed by atoms with Gasteiger partial charge in [0, 0.05) is 25.2 Å². The summed E-state index contributed by atoms with van der Waals surface area (Å²) in [4.78, 5) is 14.1. The molecule has 0 spiro atoms. The molecule has 1 fully saturated rings.